The number of nitrogens with one attached hydrogen (secondary N) is 1. The van der Waals surface area contributed by atoms with E-state index in [9.17, 15) is 4.79 Å². The minimum atomic E-state index is -0.590. The van der Waals surface area contributed by atoms with Gasteiger partial charge in [-0.2, -0.15) is 0 Å². The van der Waals surface area contributed by atoms with Crippen molar-refractivity contribution in [2.45, 2.75) is 32.8 Å². The first kappa shape index (κ1) is 12.4. The van der Waals surface area contributed by atoms with Gasteiger partial charge in [-0.1, -0.05) is 0 Å². The van der Waals surface area contributed by atoms with Gasteiger partial charge < -0.3 is 9.47 Å². The molecule has 3 N–H and O–H groups in total. The molecule has 0 bridgehead atoms. The molecular formula is C10H20N2O3. The third-order valence-electron chi connectivity index (χ3n) is 2.54. The Morgan fingerprint density at radius 2 is 2.40 bits per heavy atom. The van der Waals surface area contributed by atoms with E-state index in [1.165, 1.54) is 0 Å². The Morgan fingerprint density at radius 3 is 2.93 bits per heavy atom. The Bertz CT molecular complexity index is 213. The smallest absolute Gasteiger partial charge is 0.241 e. The first-order chi connectivity index (χ1) is 7.06. The molecule has 0 saturated carbocycles. The first-order valence-corrected chi connectivity index (χ1v) is 5.26. The second-order valence-corrected chi connectivity index (χ2v) is 4.51. The minimum Gasteiger partial charge on any atom is -0.378 e. The van der Waals surface area contributed by atoms with E-state index in [-0.39, 0.29) is 12.0 Å². The van der Waals surface area contributed by atoms with Crippen molar-refractivity contribution in [3.8, 4) is 0 Å². The Hall–Kier alpha value is -0.650. The topological polar surface area (TPSA) is 73.6 Å². The van der Waals surface area contributed by atoms with Crippen LogP contribution in [0.15, 0.2) is 0 Å². The lowest BCUT2D eigenvalue weighted by atomic mass is 9.94. The Labute approximate surface area is 90.3 Å². The van der Waals surface area contributed by atoms with Crippen LogP contribution in [0.2, 0.25) is 0 Å². The molecule has 88 valence electrons. The normalized spacial score (nSPS) is 21.7. The molecule has 0 aromatic rings. The number of ether oxygens (including phenoxy) is 2. The van der Waals surface area contributed by atoms with Crippen molar-refractivity contribution in [2.24, 2.45) is 11.3 Å². The van der Waals surface area contributed by atoms with Crippen molar-refractivity contribution in [1.82, 2.24) is 5.43 Å². The fraction of sp³-hybridized carbons (Fsp3) is 0.900. The molecule has 15 heavy (non-hydrogen) atoms. The van der Waals surface area contributed by atoms with Crippen LogP contribution >= 0.6 is 0 Å². The van der Waals surface area contributed by atoms with E-state index in [0.717, 1.165) is 19.4 Å². The number of carbonyl (C=O) groups is 1. The predicted octanol–water partition coefficient (Wildman–Crippen LogP) is 0.198. The maximum atomic E-state index is 11.3. The van der Waals surface area contributed by atoms with Crippen LogP contribution in [-0.4, -0.2) is 31.8 Å². The van der Waals surface area contributed by atoms with Crippen LogP contribution in [0.3, 0.4) is 0 Å². The number of rotatable bonds is 5. The maximum Gasteiger partial charge on any atom is 0.241 e. The SMILES string of the molecule is CC(C)(COCC1CCCO1)C(=O)NN. The highest BCUT2D eigenvalue weighted by Gasteiger charge is 2.28. The summed E-state index contributed by atoms with van der Waals surface area (Å²) in [6.07, 6.45) is 2.34. The molecule has 0 aliphatic carbocycles. The molecule has 1 amide bonds. The standard InChI is InChI=1S/C10H20N2O3/c1-10(2,9(13)12-11)7-14-6-8-4-3-5-15-8/h8H,3-7,11H2,1-2H3,(H,12,13). The summed E-state index contributed by atoms with van der Waals surface area (Å²) in [4.78, 5) is 11.3. The molecule has 1 fully saturated rings. The zero-order valence-electron chi connectivity index (χ0n) is 9.41. The molecule has 5 heteroatoms. The summed E-state index contributed by atoms with van der Waals surface area (Å²) in [7, 11) is 0. The Morgan fingerprint density at radius 1 is 1.67 bits per heavy atom. The average Bonchev–Trinajstić information content (AvgIpc) is 2.69. The molecular weight excluding hydrogens is 196 g/mol. The van der Waals surface area contributed by atoms with Crippen LogP contribution in [0.1, 0.15) is 26.7 Å². The van der Waals surface area contributed by atoms with E-state index >= 15 is 0 Å². The third kappa shape index (κ3) is 3.77. The summed E-state index contributed by atoms with van der Waals surface area (Å²) in [5.74, 6) is 4.86. The highest BCUT2D eigenvalue weighted by Crippen LogP contribution is 2.17. The van der Waals surface area contributed by atoms with Crippen molar-refractivity contribution in [3.63, 3.8) is 0 Å². The van der Waals surface area contributed by atoms with Gasteiger partial charge in [0.1, 0.15) is 0 Å². The van der Waals surface area contributed by atoms with E-state index in [1.54, 1.807) is 13.8 Å². The third-order valence-corrected chi connectivity index (χ3v) is 2.54. The number of hydrogen-bond acceptors (Lipinski definition) is 4. The van der Waals surface area contributed by atoms with Gasteiger partial charge in [-0.05, 0) is 26.7 Å². The van der Waals surface area contributed by atoms with Gasteiger partial charge in [0.25, 0.3) is 0 Å². The van der Waals surface area contributed by atoms with Crippen molar-refractivity contribution >= 4 is 5.91 Å². The average molecular weight is 216 g/mol. The van der Waals surface area contributed by atoms with Crippen LogP contribution in [-0.2, 0) is 14.3 Å². The molecule has 0 aromatic heterocycles. The zero-order chi connectivity index (χ0) is 11.3. The number of amides is 1. The lowest BCUT2D eigenvalue weighted by molar-refractivity contribution is -0.133. The first-order valence-electron chi connectivity index (χ1n) is 5.26. The van der Waals surface area contributed by atoms with E-state index in [4.69, 9.17) is 15.3 Å². The van der Waals surface area contributed by atoms with Crippen molar-refractivity contribution in [2.75, 3.05) is 19.8 Å². The molecule has 1 rings (SSSR count). The van der Waals surface area contributed by atoms with Gasteiger partial charge in [0, 0.05) is 6.61 Å². The lowest BCUT2D eigenvalue weighted by Gasteiger charge is -2.22. The molecule has 0 radical (unpaired) electrons. The van der Waals surface area contributed by atoms with E-state index in [2.05, 4.69) is 5.43 Å². The van der Waals surface area contributed by atoms with Crippen LogP contribution in [0.25, 0.3) is 0 Å². The zero-order valence-corrected chi connectivity index (χ0v) is 9.41. The fourth-order valence-corrected chi connectivity index (χ4v) is 1.48. The second-order valence-electron chi connectivity index (χ2n) is 4.51. The summed E-state index contributed by atoms with van der Waals surface area (Å²) >= 11 is 0. The summed E-state index contributed by atoms with van der Waals surface area (Å²) in [5.41, 5.74) is 1.54. The van der Waals surface area contributed by atoms with Gasteiger partial charge in [0.05, 0.1) is 24.7 Å². The quantitative estimate of drug-likeness (QED) is 0.391. The van der Waals surface area contributed by atoms with Crippen LogP contribution in [0.5, 0.6) is 0 Å². The number of hydrazine groups is 1. The van der Waals surface area contributed by atoms with Gasteiger partial charge in [-0.15, -0.1) is 0 Å². The molecule has 1 saturated heterocycles. The van der Waals surface area contributed by atoms with E-state index < -0.39 is 5.41 Å². The van der Waals surface area contributed by atoms with Gasteiger partial charge in [-0.3, -0.25) is 10.2 Å². The number of carbonyl (C=O) groups excluding carboxylic acids is 1. The van der Waals surface area contributed by atoms with Gasteiger partial charge in [-0.25, -0.2) is 5.84 Å². The van der Waals surface area contributed by atoms with E-state index in [0.29, 0.717) is 13.2 Å². The predicted molar refractivity (Wildman–Crippen MR) is 55.9 cm³/mol. The number of nitrogens with two attached hydrogens (primary N) is 1. The van der Waals surface area contributed by atoms with Crippen LogP contribution < -0.4 is 11.3 Å². The van der Waals surface area contributed by atoms with Crippen molar-refractivity contribution in [3.05, 3.63) is 0 Å². The fourth-order valence-electron chi connectivity index (χ4n) is 1.48. The Balaban J connectivity index is 2.20. The van der Waals surface area contributed by atoms with E-state index in [1.807, 2.05) is 0 Å². The van der Waals surface area contributed by atoms with Gasteiger partial charge >= 0.3 is 0 Å². The minimum absolute atomic E-state index is 0.196. The molecule has 0 aromatic carbocycles. The highest BCUT2D eigenvalue weighted by molar-refractivity contribution is 5.81. The van der Waals surface area contributed by atoms with Crippen molar-refractivity contribution in [1.29, 1.82) is 0 Å². The summed E-state index contributed by atoms with van der Waals surface area (Å²) in [6, 6.07) is 0. The molecule has 1 aliphatic heterocycles. The summed E-state index contributed by atoms with van der Waals surface area (Å²) in [5, 5.41) is 0. The highest BCUT2D eigenvalue weighted by atomic mass is 16.5. The molecule has 1 aliphatic rings. The molecule has 5 nitrogen and oxygen atoms in total. The van der Waals surface area contributed by atoms with Gasteiger partial charge in [0.15, 0.2) is 0 Å². The van der Waals surface area contributed by atoms with Crippen LogP contribution in [0, 0.1) is 5.41 Å². The largest absolute Gasteiger partial charge is 0.378 e. The molecule has 1 atom stereocenters. The van der Waals surface area contributed by atoms with Crippen LogP contribution in [0.4, 0.5) is 0 Å². The monoisotopic (exact) mass is 216 g/mol. The second kappa shape index (κ2) is 5.44. The number of hydrogen-bond donors (Lipinski definition) is 2. The molecule has 1 heterocycles. The lowest BCUT2D eigenvalue weighted by Crippen LogP contribution is -2.43. The maximum absolute atomic E-state index is 11.3. The molecule has 1 unspecified atom stereocenters. The summed E-state index contributed by atoms with van der Waals surface area (Å²) < 4.78 is 10.9. The van der Waals surface area contributed by atoms with Gasteiger partial charge in [0.2, 0.25) is 5.91 Å². The Kier molecular flexibility index (Phi) is 4.50. The molecule has 0 spiro atoms. The summed E-state index contributed by atoms with van der Waals surface area (Å²) in [6.45, 7) is 5.33. The van der Waals surface area contributed by atoms with Crippen molar-refractivity contribution < 1.29 is 14.3 Å².